The molecule has 0 heterocycles. The van der Waals surface area contributed by atoms with Gasteiger partial charge in [-0.2, -0.15) is 0 Å². The first-order valence-corrected chi connectivity index (χ1v) is 6.50. The Morgan fingerprint density at radius 3 is 2.12 bits per heavy atom. The summed E-state index contributed by atoms with van der Waals surface area (Å²) in [4.78, 5) is 2.29. The van der Waals surface area contributed by atoms with Gasteiger partial charge in [0.15, 0.2) is 0 Å². The fourth-order valence-corrected chi connectivity index (χ4v) is 1.78. The molecule has 0 fully saturated rings. The number of hydrogen-bond donors (Lipinski definition) is 1. The third kappa shape index (κ3) is 7.20. The predicted octanol–water partition coefficient (Wildman–Crippen LogP) is 2.28. The fourth-order valence-electron chi connectivity index (χ4n) is 1.78. The maximum Gasteiger partial charge on any atom is 0.0900 e. The van der Waals surface area contributed by atoms with Gasteiger partial charge >= 0.3 is 0 Å². The molecule has 98 valence electrons. The van der Waals surface area contributed by atoms with Gasteiger partial charge in [0.2, 0.25) is 0 Å². The van der Waals surface area contributed by atoms with Gasteiger partial charge in [-0.05, 0) is 34.1 Å². The van der Waals surface area contributed by atoms with E-state index in [9.17, 15) is 5.11 Å². The largest absolute Gasteiger partial charge is 0.389 e. The number of aliphatic hydroxyl groups is 1. The van der Waals surface area contributed by atoms with Crippen LogP contribution in [0.2, 0.25) is 0 Å². The number of hydrogen-bond acceptors (Lipinski definition) is 3. The van der Waals surface area contributed by atoms with E-state index in [1.807, 2.05) is 0 Å². The summed E-state index contributed by atoms with van der Waals surface area (Å²) in [6.45, 7) is 12.7. The lowest BCUT2D eigenvalue weighted by molar-refractivity contribution is 0.00350. The van der Waals surface area contributed by atoms with Crippen LogP contribution in [0.5, 0.6) is 0 Å². The monoisotopic (exact) mass is 231 g/mol. The second kappa shape index (κ2) is 8.97. The molecule has 3 nitrogen and oxygen atoms in total. The summed E-state index contributed by atoms with van der Waals surface area (Å²) in [5.74, 6) is 0. The number of aliphatic hydroxyl groups excluding tert-OH is 1. The zero-order valence-electron chi connectivity index (χ0n) is 11.6. The molecule has 0 aliphatic heterocycles. The second-order valence-corrected chi connectivity index (χ2v) is 4.97. The van der Waals surface area contributed by atoms with Crippen molar-refractivity contribution in [3.8, 4) is 0 Å². The topological polar surface area (TPSA) is 32.7 Å². The summed E-state index contributed by atoms with van der Waals surface area (Å²) >= 11 is 0. The second-order valence-electron chi connectivity index (χ2n) is 4.97. The van der Waals surface area contributed by atoms with Crippen molar-refractivity contribution in [2.75, 3.05) is 19.8 Å². The summed E-state index contributed by atoms with van der Waals surface area (Å²) in [6, 6.07) is 0.926. The van der Waals surface area contributed by atoms with Crippen LogP contribution in [0.3, 0.4) is 0 Å². The molecule has 0 bridgehead atoms. The predicted molar refractivity (Wildman–Crippen MR) is 68.7 cm³/mol. The highest BCUT2D eigenvalue weighted by Crippen LogP contribution is 2.06. The Labute approximate surface area is 101 Å². The Balaban J connectivity index is 3.78. The van der Waals surface area contributed by atoms with Crippen molar-refractivity contribution in [2.24, 2.45) is 0 Å². The summed E-state index contributed by atoms with van der Waals surface area (Å²) < 4.78 is 5.42. The molecular formula is C13H29NO2. The first-order chi connectivity index (χ1) is 7.49. The van der Waals surface area contributed by atoms with Crippen LogP contribution in [0.1, 0.15) is 47.5 Å². The standard InChI is InChI=1S/C13H29NO2/c1-6-7-8-16-10-13(15)9-14(11(2)3)12(4)5/h11-13,15H,6-10H2,1-5H3/t13-/m0/s1. The quantitative estimate of drug-likeness (QED) is 0.618. The Kier molecular flexibility index (Phi) is 8.90. The highest BCUT2D eigenvalue weighted by Gasteiger charge is 2.17. The van der Waals surface area contributed by atoms with Crippen LogP contribution < -0.4 is 0 Å². The van der Waals surface area contributed by atoms with E-state index < -0.39 is 0 Å². The Hall–Kier alpha value is -0.120. The summed E-state index contributed by atoms with van der Waals surface area (Å²) in [6.07, 6.45) is 1.84. The minimum atomic E-state index is -0.373. The molecule has 0 aromatic carbocycles. The lowest BCUT2D eigenvalue weighted by Gasteiger charge is -2.32. The molecule has 0 saturated carbocycles. The zero-order chi connectivity index (χ0) is 12.6. The van der Waals surface area contributed by atoms with E-state index in [1.54, 1.807) is 0 Å². The molecule has 0 rings (SSSR count). The van der Waals surface area contributed by atoms with E-state index in [4.69, 9.17) is 4.74 Å². The smallest absolute Gasteiger partial charge is 0.0900 e. The average Bonchev–Trinajstić information content (AvgIpc) is 2.20. The van der Waals surface area contributed by atoms with Gasteiger partial charge in [-0.3, -0.25) is 4.90 Å². The van der Waals surface area contributed by atoms with Crippen LogP contribution in [-0.4, -0.2) is 48.0 Å². The summed E-state index contributed by atoms with van der Waals surface area (Å²) in [5.41, 5.74) is 0. The molecule has 0 spiro atoms. The molecule has 1 N–H and O–H groups in total. The molecule has 16 heavy (non-hydrogen) atoms. The van der Waals surface area contributed by atoms with Gasteiger partial charge in [-0.15, -0.1) is 0 Å². The van der Waals surface area contributed by atoms with Crippen LogP contribution in [-0.2, 0) is 4.74 Å². The van der Waals surface area contributed by atoms with Crippen LogP contribution in [0.4, 0.5) is 0 Å². The molecule has 3 heteroatoms. The average molecular weight is 231 g/mol. The Morgan fingerprint density at radius 1 is 1.12 bits per heavy atom. The molecular weight excluding hydrogens is 202 g/mol. The van der Waals surface area contributed by atoms with Gasteiger partial charge in [0.05, 0.1) is 12.7 Å². The van der Waals surface area contributed by atoms with Gasteiger partial charge in [0, 0.05) is 25.2 Å². The van der Waals surface area contributed by atoms with Gasteiger partial charge in [0.25, 0.3) is 0 Å². The third-order valence-corrected chi connectivity index (χ3v) is 2.70. The van der Waals surface area contributed by atoms with E-state index in [0.717, 1.165) is 19.4 Å². The minimum Gasteiger partial charge on any atom is -0.389 e. The number of unbranched alkanes of at least 4 members (excludes halogenated alkanes) is 1. The molecule has 0 saturated heterocycles. The van der Waals surface area contributed by atoms with Gasteiger partial charge in [0.1, 0.15) is 0 Å². The first-order valence-electron chi connectivity index (χ1n) is 6.50. The van der Waals surface area contributed by atoms with Crippen molar-refractivity contribution in [3.63, 3.8) is 0 Å². The summed E-state index contributed by atoms with van der Waals surface area (Å²) in [5, 5.41) is 9.85. The normalized spacial score (nSPS) is 14.1. The molecule has 0 aromatic heterocycles. The highest BCUT2D eigenvalue weighted by atomic mass is 16.5. The lowest BCUT2D eigenvalue weighted by Crippen LogP contribution is -2.43. The third-order valence-electron chi connectivity index (χ3n) is 2.70. The van der Waals surface area contributed by atoms with Gasteiger partial charge in [-0.25, -0.2) is 0 Å². The van der Waals surface area contributed by atoms with Gasteiger partial charge < -0.3 is 9.84 Å². The highest BCUT2D eigenvalue weighted by molar-refractivity contribution is 4.71. The zero-order valence-corrected chi connectivity index (χ0v) is 11.6. The number of rotatable bonds is 9. The van der Waals surface area contributed by atoms with E-state index in [1.165, 1.54) is 0 Å². The molecule has 0 aliphatic carbocycles. The van der Waals surface area contributed by atoms with Gasteiger partial charge in [-0.1, -0.05) is 13.3 Å². The SMILES string of the molecule is CCCCOC[C@@H](O)CN(C(C)C)C(C)C. The number of ether oxygens (including phenoxy) is 1. The van der Waals surface area contributed by atoms with Crippen LogP contribution in [0, 0.1) is 0 Å². The van der Waals surface area contributed by atoms with Crippen LogP contribution in [0.25, 0.3) is 0 Å². The van der Waals surface area contributed by atoms with Crippen LogP contribution >= 0.6 is 0 Å². The van der Waals surface area contributed by atoms with Crippen molar-refractivity contribution in [3.05, 3.63) is 0 Å². The van der Waals surface area contributed by atoms with E-state index >= 15 is 0 Å². The molecule has 0 amide bonds. The first kappa shape index (κ1) is 15.9. The molecule has 0 aromatic rings. The summed E-state index contributed by atoms with van der Waals surface area (Å²) in [7, 11) is 0. The maximum absolute atomic E-state index is 9.85. The van der Waals surface area contributed by atoms with E-state index in [0.29, 0.717) is 25.2 Å². The molecule has 0 radical (unpaired) electrons. The van der Waals surface area contributed by atoms with Crippen molar-refractivity contribution < 1.29 is 9.84 Å². The van der Waals surface area contributed by atoms with E-state index in [-0.39, 0.29) is 6.10 Å². The molecule has 1 atom stereocenters. The molecule has 0 aliphatic rings. The Morgan fingerprint density at radius 2 is 1.69 bits per heavy atom. The fraction of sp³-hybridized carbons (Fsp3) is 1.00. The van der Waals surface area contributed by atoms with Crippen molar-refractivity contribution in [1.82, 2.24) is 4.90 Å². The number of nitrogens with zero attached hydrogens (tertiary/aromatic N) is 1. The van der Waals surface area contributed by atoms with Crippen molar-refractivity contribution in [2.45, 2.75) is 65.6 Å². The van der Waals surface area contributed by atoms with E-state index in [2.05, 4.69) is 39.5 Å². The Bertz CT molecular complexity index is 152. The van der Waals surface area contributed by atoms with Crippen LogP contribution in [0.15, 0.2) is 0 Å². The maximum atomic E-state index is 9.85. The minimum absolute atomic E-state index is 0.373. The van der Waals surface area contributed by atoms with Crippen molar-refractivity contribution in [1.29, 1.82) is 0 Å². The molecule has 0 unspecified atom stereocenters. The van der Waals surface area contributed by atoms with Crippen molar-refractivity contribution >= 4 is 0 Å². The lowest BCUT2D eigenvalue weighted by atomic mass is 10.2.